The summed E-state index contributed by atoms with van der Waals surface area (Å²) >= 11 is 0. The zero-order chi connectivity index (χ0) is 21.0. The summed E-state index contributed by atoms with van der Waals surface area (Å²) in [5.41, 5.74) is 2.89. The van der Waals surface area contributed by atoms with E-state index in [-0.39, 0.29) is 23.3 Å². The van der Waals surface area contributed by atoms with Gasteiger partial charge in [-0.1, -0.05) is 6.07 Å². The number of carbonyl (C=O) groups excluding carboxylic acids is 1. The topological polar surface area (TPSA) is 75.7 Å². The second kappa shape index (κ2) is 8.97. The van der Waals surface area contributed by atoms with E-state index in [1.807, 2.05) is 39.0 Å². The first-order valence-corrected chi connectivity index (χ1v) is 11.4. The number of carbonyl (C=O) groups is 1. The Labute approximate surface area is 172 Å². The number of ether oxygens (including phenoxy) is 1. The first kappa shape index (κ1) is 21.3. The standard InChI is InChI=1S/C22H28N2O4S/c1-4-28-20-7-9-21(10-8-20)29(26,27)24-11-5-6-18(15-24)22(25)23-19-13-16(2)12-17(3)14-19/h7-10,12-14,18H,4-6,11,15H2,1-3H3,(H,23,25)/t18-/m0/s1. The molecule has 1 fully saturated rings. The summed E-state index contributed by atoms with van der Waals surface area (Å²) in [5, 5.41) is 2.95. The molecule has 1 aliphatic heterocycles. The Kier molecular flexibility index (Phi) is 6.59. The Balaban J connectivity index is 1.71. The molecule has 2 aromatic rings. The number of hydrogen-bond donors (Lipinski definition) is 1. The van der Waals surface area contributed by atoms with E-state index >= 15 is 0 Å². The number of amides is 1. The molecule has 1 heterocycles. The maximum Gasteiger partial charge on any atom is 0.243 e. The fourth-order valence-corrected chi connectivity index (χ4v) is 5.21. The van der Waals surface area contributed by atoms with Crippen molar-refractivity contribution in [2.75, 3.05) is 25.0 Å². The van der Waals surface area contributed by atoms with Gasteiger partial charge in [-0.2, -0.15) is 4.31 Å². The first-order valence-electron chi connectivity index (χ1n) is 9.92. The monoisotopic (exact) mass is 416 g/mol. The Bertz CT molecular complexity index is 951. The van der Waals surface area contributed by atoms with Gasteiger partial charge in [-0.25, -0.2) is 8.42 Å². The third-order valence-electron chi connectivity index (χ3n) is 5.02. The summed E-state index contributed by atoms with van der Waals surface area (Å²) in [5.74, 6) is 0.124. The van der Waals surface area contributed by atoms with Gasteiger partial charge in [0.05, 0.1) is 17.4 Å². The second-order valence-electron chi connectivity index (χ2n) is 7.47. The number of rotatable bonds is 6. The van der Waals surface area contributed by atoms with Crippen molar-refractivity contribution >= 4 is 21.6 Å². The lowest BCUT2D eigenvalue weighted by atomic mass is 9.98. The van der Waals surface area contributed by atoms with Crippen LogP contribution in [0.3, 0.4) is 0 Å². The maximum absolute atomic E-state index is 13.0. The van der Waals surface area contributed by atoms with Crippen LogP contribution in [-0.4, -0.2) is 38.3 Å². The minimum Gasteiger partial charge on any atom is -0.494 e. The highest BCUT2D eigenvalue weighted by Gasteiger charge is 2.33. The largest absolute Gasteiger partial charge is 0.494 e. The van der Waals surface area contributed by atoms with Gasteiger partial charge in [0.15, 0.2) is 0 Å². The highest BCUT2D eigenvalue weighted by atomic mass is 32.2. The van der Waals surface area contributed by atoms with Crippen LogP contribution in [0, 0.1) is 19.8 Å². The summed E-state index contributed by atoms with van der Waals surface area (Å²) < 4.78 is 32.8. The van der Waals surface area contributed by atoms with Crippen LogP contribution >= 0.6 is 0 Å². The van der Waals surface area contributed by atoms with Crippen molar-refractivity contribution in [3.8, 4) is 5.75 Å². The number of nitrogens with zero attached hydrogens (tertiary/aromatic N) is 1. The lowest BCUT2D eigenvalue weighted by Crippen LogP contribution is -2.43. The van der Waals surface area contributed by atoms with Crippen LogP contribution in [0.4, 0.5) is 5.69 Å². The van der Waals surface area contributed by atoms with Gasteiger partial charge in [0.25, 0.3) is 0 Å². The molecule has 3 rings (SSSR count). The van der Waals surface area contributed by atoms with Crippen LogP contribution in [0.25, 0.3) is 0 Å². The third kappa shape index (κ3) is 5.16. The van der Waals surface area contributed by atoms with E-state index in [1.54, 1.807) is 24.3 Å². The molecule has 1 saturated heterocycles. The van der Waals surface area contributed by atoms with Crippen LogP contribution < -0.4 is 10.1 Å². The van der Waals surface area contributed by atoms with Crippen molar-refractivity contribution in [3.63, 3.8) is 0 Å². The third-order valence-corrected chi connectivity index (χ3v) is 6.90. The van der Waals surface area contributed by atoms with Crippen LogP contribution in [-0.2, 0) is 14.8 Å². The molecule has 1 N–H and O–H groups in total. The van der Waals surface area contributed by atoms with Gasteiger partial charge in [-0.15, -0.1) is 0 Å². The molecule has 29 heavy (non-hydrogen) atoms. The van der Waals surface area contributed by atoms with E-state index in [0.717, 1.165) is 16.8 Å². The van der Waals surface area contributed by atoms with Gasteiger partial charge in [0.1, 0.15) is 5.75 Å². The van der Waals surface area contributed by atoms with Crippen molar-refractivity contribution in [1.29, 1.82) is 0 Å². The number of piperidine rings is 1. The number of aryl methyl sites for hydroxylation is 2. The molecule has 1 aliphatic rings. The Hall–Kier alpha value is -2.38. The molecule has 1 atom stereocenters. The van der Waals surface area contributed by atoms with Crippen molar-refractivity contribution in [3.05, 3.63) is 53.6 Å². The quantitative estimate of drug-likeness (QED) is 0.778. The van der Waals surface area contributed by atoms with Gasteiger partial charge in [0, 0.05) is 18.8 Å². The van der Waals surface area contributed by atoms with Crippen LogP contribution in [0.2, 0.25) is 0 Å². The maximum atomic E-state index is 13.0. The molecule has 0 unspecified atom stereocenters. The van der Waals surface area contributed by atoms with E-state index < -0.39 is 10.0 Å². The van der Waals surface area contributed by atoms with E-state index in [0.29, 0.717) is 31.7 Å². The van der Waals surface area contributed by atoms with Gasteiger partial charge in [-0.3, -0.25) is 4.79 Å². The molecule has 0 aromatic heterocycles. The molecule has 0 bridgehead atoms. The molecule has 0 radical (unpaired) electrons. The van der Waals surface area contributed by atoms with Crippen LogP contribution in [0.1, 0.15) is 30.9 Å². The van der Waals surface area contributed by atoms with Crippen molar-refractivity contribution in [1.82, 2.24) is 4.31 Å². The molecular weight excluding hydrogens is 388 g/mol. The van der Waals surface area contributed by atoms with Crippen LogP contribution in [0.15, 0.2) is 47.4 Å². The normalized spacial score (nSPS) is 17.7. The zero-order valence-corrected chi connectivity index (χ0v) is 18.0. The molecular formula is C22H28N2O4S. The second-order valence-corrected chi connectivity index (χ2v) is 9.41. The summed E-state index contributed by atoms with van der Waals surface area (Å²) in [6, 6.07) is 12.3. The summed E-state index contributed by atoms with van der Waals surface area (Å²) in [6.07, 6.45) is 1.33. The lowest BCUT2D eigenvalue weighted by molar-refractivity contribution is -0.120. The van der Waals surface area contributed by atoms with E-state index in [1.165, 1.54) is 4.31 Å². The van der Waals surface area contributed by atoms with E-state index in [9.17, 15) is 13.2 Å². The van der Waals surface area contributed by atoms with Gasteiger partial charge >= 0.3 is 0 Å². The predicted molar refractivity (Wildman–Crippen MR) is 114 cm³/mol. The van der Waals surface area contributed by atoms with Crippen molar-refractivity contribution < 1.29 is 17.9 Å². The number of sulfonamides is 1. The Morgan fingerprint density at radius 3 is 2.41 bits per heavy atom. The molecule has 1 amide bonds. The first-order chi connectivity index (χ1) is 13.8. The Morgan fingerprint density at radius 2 is 1.79 bits per heavy atom. The number of nitrogens with one attached hydrogen (secondary N) is 1. The molecule has 156 valence electrons. The van der Waals surface area contributed by atoms with Crippen LogP contribution in [0.5, 0.6) is 5.75 Å². The molecule has 6 nitrogen and oxygen atoms in total. The van der Waals surface area contributed by atoms with E-state index in [4.69, 9.17) is 4.74 Å². The fraction of sp³-hybridized carbons (Fsp3) is 0.409. The van der Waals surface area contributed by atoms with Gasteiger partial charge in [0.2, 0.25) is 15.9 Å². The zero-order valence-electron chi connectivity index (χ0n) is 17.1. The molecule has 0 aliphatic carbocycles. The van der Waals surface area contributed by atoms with Crippen molar-refractivity contribution in [2.24, 2.45) is 5.92 Å². The van der Waals surface area contributed by atoms with E-state index in [2.05, 4.69) is 5.32 Å². The average molecular weight is 417 g/mol. The Morgan fingerprint density at radius 1 is 1.14 bits per heavy atom. The number of hydrogen-bond acceptors (Lipinski definition) is 4. The summed E-state index contributed by atoms with van der Waals surface area (Å²) in [4.78, 5) is 13.0. The molecule has 0 spiro atoms. The predicted octanol–water partition coefficient (Wildman–Crippen LogP) is 3.74. The smallest absolute Gasteiger partial charge is 0.243 e. The number of anilines is 1. The molecule has 0 saturated carbocycles. The highest BCUT2D eigenvalue weighted by Crippen LogP contribution is 2.26. The highest BCUT2D eigenvalue weighted by molar-refractivity contribution is 7.89. The van der Waals surface area contributed by atoms with Crippen molar-refractivity contribution in [2.45, 2.75) is 38.5 Å². The minimum atomic E-state index is -3.65. The minimum absolute atomic E-state index is 0.137. The summed E-state index contributed by atoms with van der Waals surface area (Å²) in [6.45, 7) is 6.97. The fourth-order valence-electron chi connectivity index (χ4n) is 3.69. The lowest BCUT2D eigenvalue weighted by Gasteiger charge is -2.31. The van der Waals surface area contributed by atoms with Gasteiger partial charge in [-0.05, 0) is 81.1 Å². The SMILES string of the molecule is CCOc1ccc(S(=O)(=O)N2CCC[C@H](C(=O)Nc3cc(C)cc(C)c3)C2)cc1. The molecule has 7 heteroatoms. The average Bonchev–Trinajstić information content (AvgIpc) is 2.68. The molecule has 2 aromatic carbocycles. The summed E-state index contributed by atoms with van der Waals surface area (Å²) in [7, 11) is -3.65. The van der Waals surface area contributed by atoms with Gasteiger partial charge < -0.3 is 10.1 Å². The number of benzene rings is 2.